The van der Waals surface area contributed by atoms with Gasteiger partial charge in [0.2, 0.25) is 0 Å². The van der Waals surface area contributed by atoms with Crippen molar-refractivity contribution in [3.63, 3.8) is 0 Å². The molecule has 3 N–H and O–H groups in total. The van der Waals surface area contributed by atoms with Gasteiger partial charge in [-0.2, -0.15) is 0 Å². The highest BCUT2D eigenvalue weighted by Gasteiger charge is 2.44. The highest BCUT2D eigenvalue weighted by molar-refractivity contribution is 5.47. The van der Waals surface area contributed by atoms with Crippen molar-refractivity contribution in [1.29, 1.82) is 0 Å². The highest BCUT2D eigenvalue weighted by Crippen LogP contribution is 2.41. The van der Waals surface area contributed by atoms with Crippen LogP contribution in [-0.4, -0.2) is 46.5 Å². The molecule has 1 aliphatic heterocycles. The van der Waals surface area contributed by atoms with Gasteiger partial charge in [0.05, 0.1) is 6.61 Å². The zero-order chi connectivity index (χ0) is 20.3. The summed E-state index contributed by atoms with van der Waals surface area (Å²) in [5, 5.41) is 29.8. The Bertz CT molecular complexity index is 804. The Balaban J connectivity index is 1.80. The summed E-state index contributed by atoms with van der Waals surface area (Å²) in [6.45, 7) is -0.0199. The first kappa shape index (κ1) is 19.8. The predicted molar refractivity (Wildman–Crippen MR) is 108 cm³/mol. The monoisotopic (exact) mass is 392 g/mol. The molecule has 3 aromatic rings. The number of aliphatic hydroxyl groups is 3. The Kier molecular flexibility index (Phi) is 5.76. The van der Waals surface area contributed by atoms with E-state index in [1.807, 2.05) is 91.0 Å². The smallest absolute Gasteiger partial charge is 0.184 e. The summed E-state index contributed by atoms with van der Waals surface area (Å²) in [5.74, 6) is 0. The minimum atomic E-state index is -1.43. The van der Waals surface area contributed by atoms with Gasteiger partial charge in [-0.05, 0) is 16.7 Å². The van der Waals surface area contributed by atoms with Gasteiger partial charge in [0.15, 0.2) is 6.29 Å². The molecule has 1 unspecified atom stereocenters. The summed E-state index contributed by atoms with van der Waals surface area (Å²) in [4.78, 5) is 0. The van der Waals surface area contributed by atoms with E-state index in [1.165, 1.54) is 0 Å². The zero-order valence-electron chi connectivity index (χ0n) is 15.8. The van der Waals surface area contributed by atoms with E-state index in [9.17, 15) is 15.3 Å². The van der Waals surface area contributed by atoms with E-state index >= 15 is 0 Å². The van der Waals surface area contributed by atoms with E-state index in [-0.39, 0.29) is 6.61 Å². The second-order valence-corrected chi connectivity index (χ2v) is 7.14. The SMILES string of the molecule is OC1O[C@H](COC(c2ccccc2)(c2ccccc2)c2ccccc2)[C@H](O)[C@@H]1O. The van der Waals surface area contributed by atoms with Crippen LogP contribution in [0.25, 0.3) is 0 Å². The van der Waals surface area contributed by atoms with E-state index < -0.39 is 30.2 Å². The van der Waals surface area contributed by atoms with Crippen LogP contribution in [0, 0.1) is 0 Å². The fourth-order valence-corrected chi connectivity index (χ4v) is 3.84. The standard InChI is InChI=1S/C24H24O5/c25-21-20(29-23(27)22(21)26)16-28-24(17-10-4-1-5-11-17,18-12-6-2-7-13-18)19-14-8-3-9-15-19/h1-15,20-23,25-27H,16H2/t20-,21+,22+,23?/m1/s1. The van der Waals surface area contributed by atoms with Crippen LogP contribution in [0.1, 0.15) is 16.7 Å². The molecule has 29 heavy (non-hydrogen) atoms. The molecule has 0 radical (unpaired) electrons. The Labute approximate surface area is 169 Å². The summed E-state index contributed by atoms with van der Waals surface area (Å²) in [5.41, 5.74) is 1.81. The van der Waals surface area contributed by atoms with Crippen molar-refractivity contribution in [2.45, 2.75) is 30.2 Å². The van der Waals surface area contributed by atoms with Gasteiger partial charge in [0, 0.05) is 0 Å². The maximum absolute atomic E-state index is 10.2. The number of rotatable bonds is 6. The Hall–Kier alpha value is -2.54. The number of hydrogen-bond acceptors (Lipinski definition) is 5. The summed E-state index contributed by atoms with van der Waals surface area (Å²) >= 11 is 0. The van der Waals surface area contributed by atoms with Crippen molar-refractivity contribution in [3.05, 3.63) is 108 Å². The Morgan fingerprint density at radius 3 is 1.41 bits per heavy atom. The van der Waals surface area contributed by atoms with Crippen LogP contribution < -0.4 is 0 Å². The predicted octanol–water partition coefficient (Wildman–Crippen LogP) is 2.43. The van der Waals surface area contributed by atoms with Gasteiger partial charge in [-0.15, -0.1) is 0 Å². The van der Waals surface area contributed by atoms with Gasteiger partial charge >= 0.3 is 0 Å². The van der Waals surface area contributed by atoms with E-state index in [1.54, 1.807) is 0 Å². The van der Waals surface area contributed by atoms with E-state index in [4.69, 9.17) is 9.47 Å². The van der Waals surface area contributed by atoms with E-state index in [0.717, 1.165) is 16.7 Å². The van der Waals surface area contributed by atoms with Crippen LogP contribution in [0.4, 0.5) is 0 Å². The molecule has 0 aromatic heterocycles. The number of ether oxygens (including phenoxy) is 2. The fraction of sp³-hybridized carbons (Fsp3) is 0.250. The molecule has 0 bridgehead atoms. The molecule has 4 rings (SSSR count). The van der Waals surface area contributed by atoms with Crippen molar-refractivity contribution in [3.8, 4) is 0 Å². The molecule has 1 heterocycles. The summed E-state index contributed by atoms with van der Waals surface area (Å²) in [6, 6.07) is 29.5. The Morgan fingerprint density at radius 1 is 0.655 bits per heavy atom. The molecule has 1 fully saturated rings. The molecule has 1 saturated heterocycles. The van der Waals surface area contributed by atoms with Gasteiger partial charge < -0.3 is 24.8 Å². The number of benzene rings is 3. The third kappa shape index (κ3) is 3.71. The molecular weight excluding hydrogens is 368 g/mol. The van der Waals surface area contributed by atoms with Crippen molar-refractivity contribution >= 4 is 0 Å². The molecule has 0 amide bonds. The van der Waals surface area contributed by atoms with E-state index in [0.29, 0.717) is 0 Å². The minimum absolute atomic E-state index is 0.0199. The molecule has 0 spiro atoms. The maximum atomic E-state index is 10.2. The van der Waals surface area contributed by atoms with Crippen LogP contribution in [0.3, 0.4) is 0 Å². The number of aliphatic hydroxyl groups excluding tert-OH is 3. The molecule has 5 nitrogen and oxygen atoms in total. The van der Waals surface area contributed by atoms with Gasteiger partial charge in [-0.1, -0.05) is 91.0 Å². The third-order valence-electron chi connectivity index (χ3n) is 5.34. The lowest BCUT2D eigenvalue weighted by molar-refractivity contribution is -0.145. The van der Waals surface area contributed by atoms with Gasteiger partial charge in [0.25, 0.3) is 0 Å². The van der Waals surface area contributed by atoms with Crippen molar-refractivity contribution in [2.24, 2.45) is 0 Å². The van der Waals surface area contributed by atoms with Gasteiger partial charge in [0.1, 0.15) is 23.9 Å². The maximum Gasteiger partial charge on any atom is 0.184 e. The first-order valence-electron chi connectivity index (χ1n) is 9.63. The lowest BCUT2D eigenvalue weighted by atomic mass is 9.80. The molecule has 0 aliphatic carbocycles. The van der Waals surface area contributed by atoms with Crippen molar-refractivity contribution in [2.75, 3.05) is 6.61 Å². The van der Waals surface area contributed by atoms with Crippen LogP contribution in [0.15, 0.2) is 91.0 Å². The quantitative estimate of drug-likeness (QED) is 0.562. The van der Waals surface area contributed by atoms with Gasteiger partial charge in [-0.25, -0.2) is 0 Å². The average Bonchev–Trinajstić information content (AvgIpc) is 3.03. The molecule has 3 aromatic carbocycles. The van der Waals surface area contributed by atoms with Crippen LogP contribution in [0.5, 0.6) is 0 Å². The largest absolute Gasteiger partial charge is 0.387 e. The first-order chi connectivity index (χ1) is 14.1. The minimum Gasteiger partial charge on any atom is -0.387 e. The topological polar surface area (TPSA) is 79.2 Å². The first-order valence-corrected chi connectivity index (χ1v) is 9.63. The highest BCUT2D eigenvalue weighted by atomic mass is 16.7. The van der Waals surface area contributed by atoms with Crippen molar-refractivity contribution < 1.29 is 24.8 Å². The lowest BCUT2D eigenvalue weighted by Crippen LogP contribution is -2.39. The Morgan fingerprint density at radius 2 is 1.07 bits per heavy atom. The normalized spacial score (nSPS) is 24.5. The molecule has 5 heteroatoms. The molecule has 4 atom stereocenters. The average molecular weight is 392 g/mol. The third-order valence-corrected chi connectivity index (χ3v) is 5.34. The lowest BCUT2D eigenvalue weighted by Gasteiger charge is -2.37. The van der Waals surface area contributed by atoms with Crippen molar-refractivity contribution in [1.82, 2.24) is 0 Å². The zero-order valence-corrected chi connectivity index (χ0v) is 15.8. The molecule has 0 saturated carbocycles. The second kappa shape index (κ2) is 8.45. The molecule has 150 valence electrons. The van der Waals surface area contributed by atoms with E-state index in [2.05, 4.69) is 0 Å². The summed E-state index contributed by atoms with van der Waals surface area (Å²) < 4.78 is 11.9. The number of hydrogen-bond donors (Lipinski definition) is 3. The van der Waals surface area contributed by atoms with Crippen LogP contribution in [0.2, 0.25) is 0 Å². The second-order valence-electron chi connectivity index (χ2n) is 7.14. The fourth-order valence-electron chi connectivity index (χ4n) is 3.84. The van der Waals surface area contributed by atoms with Crippen LogP contribution >= 0.6 is 0 Å². The summed E-state index contributed by atoms with van der Waals surface area (Å²) in [6.07, 6.45) is -4.87. The molecular formula is C24H24O5. The molecule has 1 aliphatic rings. The summed E-state index contributed by atoms with van der Waals surface area (Å²) in [7, 11) is 0. The van der Waals surface area contributed by atoms with Gasteiger partial charge in [-0.3, -0.25) is 0 Å². The van der Waals surface area contributed by atoms with Crippen LogP contribution in [-0.2, 0) is 15.1 Å².